The minimum Gasteiger partial charge on any atom is -0.339 e. The molecule has 3 rings (SSSR count). The van der Waals surface area contributed by atoms with Crippen molar-refractivity contribution in [3.05, 3.63) is 47.1 Å². The Labute approximate surface area is 125 Å². The highest BCUT2D eigenvalue weighted by Gasteiger charge is 2.24. The quantitative estimate of drug-likeness (QED) is 0.917. The molecular formula is C17H23N3O. The van der Waals surface area contributed by atoms with E-state index in [9.17, 15) is 0 Å². The van der Waals surface area contributed by atoms with Crippen LogP contribution in [-0.4, -0.2) is 16.2 Å². The van der Waals surface area contributed by atoms with Gasteiger partial charge in [0.05, 0.1) is 0 Å². The smallest absolute Gasteiger partial charge is 0.228 e. The summed E-state index contributed by atoms with van der Waals surface area (Å²) in [6, 6.07) is 8.54. The average Bonchev–Trinajstić information content (AvgIpc) is 3.10. The average molecular weight is 285 g/mol. The molecule has 21 heavy (non-hydrogen) atoms. The Bertz CT molecular complexity index is 587. The van der Waals surface area contributed by atoms with E-state index in [2.05, 4.69) is 41.3 Å². The first-order chi connectivity index (χ1) is 10.2. The molecule has 4 nitrogen and oxygen atoms in total. The molecule has 0 spiro atoms. The second kappa shape index (κ2) is 6.39. The van der Waals surface area contributed by atoms with E-state index in [1.54, 1.807) is 0 Å². The van der Waals surface area contributed by atoms with Crippen LogP contribution in [0.2, 0.25) is 0 Å². The summed E-state index contributed by atoms with van der Waals surface area (Å²) in [5.74, 6) is 2.04. The molecule has 1 aliphatic rings. The van der Waals surface area contributed by atoms with Crippen LogP contribution in [0.4, 0.5) is 0 Å². The Morgan fingerprint density at radius 3 is 2.90 bits per heavy atom. The molecule has 2 aromatic rings. The third kappa shape index (κ3) is 3.70. The van der Waals surface area contributed by atoms with Crippen LogP contribution in [0.1, 0.15) is 48.5 Å². The maximum absolute atomic E-state index is 6.26. The summed E-state index contributed by atoms with van der Waals surface area (Å²) in [6.45, 7) is 2.09. The Morgan fingerprint density at radius 2 is 2.14 bits per heavy atom. The van der Waals surface area contributed by atoms with Gasteiger partial charge in [0.1, 0.15) is 0 Å². The van der Waals surface area contributed by atoms with Crippen LogP contribution in [0.25, 0.3) is 0 Å². The molecule has 0 radical (unpaired) electrons. The van der Waals surface area contributed by atoms with Crippen LogP contribution in [0.5, 0.6) is 0 Å². The zero-order chi connectivity index (χ0) is 14.7. The van der Waals surface area contributed by atoms with Gasteiger partial charge in [0.25, 0.3) is 0 Å². The van der Waals surface area contributed by atoms with E-state index >= 15 is 0 Å². The van der Waals surface area contributed by atoms with E-state index in [0.29, 0.717) is 24.7 Å². The van der Waals surface area contributed by atoms with Crippen molar-refractivity contribution in [1.29, 1.82) is 0 Å². The minimum atomic E-state index is 0.153. The molecule has 1 fully saturated rings. The van der Waals surface area contributed by atoms with Crippen LogP contribution in [0.15, 0.2) is 28.8 Å². The standard InChI is InChI=1S/C17H23N3O/c1-12-5-4-6-13(9-12)10-16-19-17(21-20-16)11-15(18)14-7-2-3-8-14/h4-6,9,14-15H,2-3,7-8,10-11,18H2,1H3. The van der Waals surface area contributed by atoms with Crippen LogP contribution >= 0.6 is 0 Å². The van der Waals surface area contributed by atoms with Gasteiger partial charge in [0.2, 0.25) is 5.89 Å². The van der Waals surface area contributed by atoms with E-state index < -0.39 is 0 Å². The molecule has 112 valence electrons. The normalized spacial score (nSPS) is 17.2. The number of aromatic nitrogens is 2. The fourth-order valence-corrected chi connectivity index (χ4v) is 3.20. The number of rotatable bonds is 5. The molecule has 0 amide bonds. The van der Waals surface area contributed by atoms with Crippen LogP contribution in [0.3, 0.4) is 0 Å². The lowest BCUT2D eigenvalue weighted by Gasteiger charge is -2.16. The second-order valence-corrected chi connectivity index (χ2v) is 6.18. The number of hydrogen-bond acceptors (Lipinski definition) is 4. The molecule has 4 heteroatoms. The topological polar surface area (TPSA) is 64.9 Å². The predicted octanol–water partition coefficient (Wildman–Crippen LogP) is 3.03. The molecule has 2 N–H and O–H groups in total. The van der Waals surface area contributed by atoms with E-state index in [-0.39, 0.29) is 6.04 Å². The van der Waals surface area contributed by atoms with Crippen molar-refractivity contribution in [1.82, 2.24) is 10.1 Å². The van der Waals surface area contributed by atoms with Gasteiger partial charge in [0, 0.05) is 18.9 Å². The first-order valence-electron chi connectivity index (χ1n) is 7.83. The maximum atomic E-state index is 6.26. The van der Waals surface area contributed by atoms with E-state index in [4.69, 9.17) is 10.3 Å². The van der Waals surface area contributed by atoms with Gasteiger partial charge in [-0.05, 0) is 31.2 Å². The number of aryl methyl sites for hydroxylation is 1. The first-order valence-corrected chi connectivity index (χ1v) is 7.83. The summed E-state index contributed by atoms with van der Waals surface area (Å²) in [7, 11) is 0. The Balaban J connectivity index is 1.60. The monoisotopic (exact) mass is 285 g/mol. The molecule has 1 aromatic carbocycles. The summed E-state index contributed by atoms with van der Waals surface area (Å²) in [5, 5.41) is 4.08. The highest BCUT2D eigenvalue weighted by atomic mass is 16.5. The molecule has 0 bridgehead atoms. The van der Waals surface area contributed by atoms with Gasteiger partial charge in [-0.1, -0.05) is 47.8 Å². The lowest BCUT2D eigenvalue weighted by molar-refractivity contribution is 0.339. The zero-order valence-corrected chi connectivity index (χ0v) is 12.6. The van der Waals surface area contributed by atoms with Gasteiger partial charge in [-0.15, -0.1) is 0 Å². The Morgan fingerprint density at radius 1 is 1.33 bits per heavy atom. The summed E-state index contributed by atoms with van der Waals surface area (Å²) in [4.78, 5) is 4.49. The van der Waals surface area contributed by atoms with E-state index in [1.165, 1.54) is 36.8 Å². The SMILES string of the molecule is Cc1cccc(Cc2noc(CC(N)C3CCCC3)n2)c1. The van der Waals surface area contributed by atoms with Gasteiger partial charge < -0.3 is 10.3 Å². The maximum Gasteiger partial charge on any atom is 0.228 e. The van der Waals surface area contributed by atoms with Gasteiger partial charge >= 0.3 is 0 Å². The van der Waals surface area contributed by atoms with E-state index in [1.807, 2.05) is 0 Å². The third-order valence-corrected chi connectivity index (χ3v) is 4.37. The summed E-state index contributed by atoms with van der Waals surface area (Å²) in [6.07, 6.45) is 6.51. The van der Waals surface area contributed by atoms with E-state index in [0.717, 1.165) is 5.82 Å². The summed E-state index contributed by atoms with van der Waals surface area (Å²) in [5.41, 5.74) is 8.73. The number of nitrogens with two attached hydrogens (primary N) is 1. The van der Waals surface area contributed by atoms with Crippen molar-refractivity contribution in [2.24, 2.45) is 11.7 Å². The molecule has 1 atom stereocenters. The van der Waals surface area contributed by atoms with Crippen molar-refractivity contribution < 1.29 is 4.52 Å². The molecule has 1 aromatic heterocycles. The molecule has 1 heterocycles. The van der Waals surface area contributed by atoms with Gasteiger partial charge in [-0.25, -0.2) is 0 Å². The lowest BCUT2D eigenvalue weighted by atomic mass is 9.96. The second-order valence-electron chi connectivity index (χ2n) is 6.18. The van der Waals surface area contributed by atoms with Crippen LogP contribution in [0, 0.1) is 12.8 Å². The lowest BCUT2D eigenvalue weighted by Crippen LogP contribution is -2.30. The highest BCUT2D eigenvalue weighted by molar-refractivity contribution is 5.24. The molecule has 1 aliphatic carbocycles. The zero-order valence-electron chi connectivity index (χ0n) is 12.6. The van der Waals surface area contributed by atoms with Crippen molar-refractivity contribution in [3.8, 4) is 0 Å². The van der Waals surface area contributed by atoms with Crippen molar-refractivity contribution in [3.63, 3.8) is 0 Å². The Hall–Kier alpha value is -1.68. The summed E-state index contributed by atoms with van der Waals surface area (Å²) >= 11 is 0. The number of hydrogen-bond donors (Lipinski definition) is 1. The number of benzene rings is 1. The number of nitrogens with zero attached hydrogens (tertiary/aromatic N) is 2. The molecule has 1 saturated carbocycles. The minimum absolute atomic E-state index is 0.153. The summed E-state index contributed by atoms with van der Waals surface area (Å²) < 4.78 is 5.36. The first kappa shape index (κ1) is 14.3. The Kier molecular flexibility index (Phi) is 4.34. The molecular weight excluding hydrogens is 262 g/mol. The predicted molar refractivity (Wildman–Crippen MR) is 81.9 cm³/mol. The fraction of sp³-hybridized carbons (Fsp3) is 0.529. The fourth-order valence-electron chi connectivity index (χ4n) is 3.20. The highest BCUT2D eigenvalue weighted by Crippen LogP contribution is 2.28. The van der Waals surface area contributed by atoms with Crippen molar-refractivity contribution in [2.45, 2.75) is 51.5 Å². The van der Waals surface area contributed by atoms with Crippen molar-refractivity contribution in [2.75, 3.05) is 0 Å². The van der Waals surface area contributed by atoms with Crippen molar-refractivity contribution >= 4 is 0 Å². The van der Waals surface area contributed by atoms with Crippen LogP contribution in [-0.2, 0) is 12.8 Å². The van der Waals surface area contributed by atoms with Gasteiger partial charge in [-0.2, -0.15) is 4.98 Å². The van der Waals surface area contributed by atoms with Gasteiger partial charge in [-0.3, -0.25) is 0 Å². The molecule has 0 saturated heterocycles. The largest absolute Gasteiger partial charge is 0.339 e. The van der Waals surface area contributed by atoms with Crippen LogP contribution < -0.4 is 5.73 Å². The molecule has 0 aliphatic heterocycles. The third-order valence-electron chi connectivity index (χ3n) is 4.37. The van der Waals surface area contributed by atoms with Gasteiger partial charge in [0.15, 0.2) is 5.82 Å². The molecule has 1 unspecified atom stereocenters.